The van der Waals surface area contributed by atoms with E-state index < -0.39 is 0 Å². The lowest BCUT2D eigenvalue weighted by atomic mass is 10.1. The molecule has 0 aliphatic carbocycles. The van der Waals surface area contributed by atoms with Gasteiger partial charge in [-0.1, -0.05) is 58.4 Å². The minimum Gasteiger partial charge on any atom is -0.248 e. The van der Waals surface area contributed by atoms with Crippen LogP contribution in [-0.2, 0) is 0 Å². The zero-order valence-corrected chi connectivity index (χ0v) is 11.8. The molecule has 1 aromatic heterocycles. The molecule has 0 N–H and O–H groups in total. The molecule has 0 atom stereocenters. The molecular formula is C17H12BrN. The molecule has 1 nitrogen and oxygen atoms in total. The van der Waals surface area contributed by atoms with Crippen LogP contribution in [0.3, 0.4) is 0 Å². The van der Waals surface area contributed by atoms with E-state index in [0.29, 0.717) is 0 Å². The second kappa shape index (κ2) is 5.37. The summed E-state index contributed by atoms with van der Waals surface area (Å²) in [5.74, 6) is 0. The Morgan fingerprint density at radius 3 is 2.42 bits per heavy atom. The van der Waals surface area contributed by atoms with Crippen molar-refractivity contribution in [2.24, 2.45) is 0 Å². The van der Waals surface area contributed by atoms with Crippen LogP contribution < -0.4 is 0 Å². The van der Waals surface area contributed by atoms with E-state index in [9.17, 15) is 0 Å². The summed E-state index contributed by atoms with van der Waals surface area (Å²) in [6, 6.07) is 20.5. The molecule has 19 heavy (non-hydrogen) atoms. The predicted octanol–water partition coefficient (Wildman–Crippen LogP) is 5.17. The fourth-order valence-electron chi connectivity index (χ4n) is 1.93. The predicted molar refractivity (Wildman–Crippen MR) is 84.8 cm³/mol. The number of benzene rings is 2. The molecule has 0 radical (unpaired) electrons. The molecule has 2 aromatic carbocycles. The fourth-order valence-corrected chi connectivity index (χ4v) is 2.19. The summed E-state index contributed by atoms with van der Waals surface area (Å²) < 4.78 is 1.09. The molecule has 0 aliphatic heterocycles. The van der Waals surface area contributed by atoms with Gasteiger partial charge in [0, 0.05) is 9.86 Å². The normalized spacial score (nSPS) is 11.2. The van der Waals surface area contributed by atoms with E-state index in [0.717, 1.165) is 21.2 Å². The van der Waals surface area contributed by atoms with Crippen molar-refractivity contribution in [1.29, 1.82) is 0 Å². The number of nitrogens with zero attached hydrogens (tertiary/aromatic N) is 1. The molecular weight excluding hydrogens is 298 g/mol. The third kappa shape index (κ3) is 2.91. The van der Waals surface area contributed by atoms with Crippen LogP contribution in [0.4, 0.5) is 0 Å². The van der Waals surface area contributed by atoms with Crippen molar-refractivity contribution in [3.05, 3.63) is 76.4 Å². The summed E-state index contributed by atoms with van der Waals surface area (Å²) in [6.45, 7) is 0. The lowest BCUT2D eigenvalue weighted by molar-refractivity contribution is 1.37. The van der Waals surface area contributed by atoms with Crippen LogP contribution in [0.5, 0.6) is 0 Å². The van der Waals surface area contributed by atoms with E-state index in [1.54, 1.807) is 0 Å². The summed E-state index contributed by atoms with van der Waals surface area (Å²) >= 11 is 3.43. The highest BCUT2D eigenvalue weighted by atomic mass is 79.9. The molecule has 0 unspecified atom stereocenters. The fraction of sp³-hybridized carbons (Fsp3) is 0. The number of fused-ring (bicyclic) bond motifs is 1. The largest absolute Gasteiger partial charge is 0.248 e. The number of rotatable bonds is 2. The zero-order chi connectivity index (χ0) is 13.1. The van der Waals surface area contributed by atoms with Gasteiger partial charge < -0.3 is 0 Å². The molecule has 3 rings (SSSR count). The second-order valence-corrected chi connectivity index (χ2v) is 5.23. The number of hydrogen-bond donors (Lipinski definition) is 0. The number of para-hydroxylation sites is 1. The molecule has 3 aromatic rings. The molecule has 0 aliphatic rings. The van der Waals surface area contributed by atoms with Gasteiger partial charge in [-0.05, 0) is 35.9 Å². The van der Waals surface area contributed by atoms with Gasteiger partial charge in [-0.2, -0.15) is 0 Å². The van der Waals surface area contributed by atoms with Crippen LogP contribution in [0.15, 0.2) is 65.1 Å². The van der Waals surface area contributed by atoms with Crippen molar-refractivity contribution in [3.8, 4) is 0 Å². The highest BCUT2D eigenvalue weighted by Crippen LogP contribution is 2.15. The van der Waals surface area contributed by atoms with Crippen LogP contribution in [0.2, 0.25) is 0 Å². The van der Waals surface area contributed by atoms with Crippen LogP contribution >= 0.6 is 15.9 Å². The SMILES string of the molecule is Brc1ccc(C=Cc2ccc3ccccc3n2)cc1. The van der Waals surface area contributed by atoms with E-state index in [1.165, 1.54) is 5.39 Å². The van der Waals surface area contributed by atoms with Gasteiger partial charge >= 0.3 is 0 Å². The molecule has 0 bridgehead atoms. The minimum atomic E-state index is 0.974. The lowest BCUT2D eigenvalue weighted by Crippen LogP contribution is -1.82. The molecule has 0 spiro atoms. The van der Waals surface area contributed by atoms with Crippen LogP contribution in [0.25, 0.3) is 23.1 Å². The standard InChI is InChI=1S/C17H12BrN/c18-15-9-5-13(6-10-15)7-11-16-12-8-14-3-1-2-4-17(14)19-16/h1-12H. The smallest absolute Gasteiger partial charge is 0.0709 e. The Morgan fingerprint density at radius 2 is 1.58 bits per heavy atom. The Balaban J connectivity index is 1.90. The minimum absolute atomic E-state index is 0.974. The van der Waals surface area contributed by atoms with Crippen molar-refractivity contribution in [2.45, 2.75) is 0 Å². The van der Waals surface area contributed by atoms with Gasteiger partial charge in [-0.25, -0.2) is 4.98 Å². The van der Waals surface area contributed by atoms with E-state index in [4.69, 9.17) is 0 Å². The summed E-state index contributed by atoms with van der Waals surface area (Å²) in [5, 5.41) is 1.17. The van der Waals surface area contributed by atoms with Gasteiger partial charge in [-0.15, -0.1) is 0 Å². The maximum Gasteiger partial charge on any atom is 0.0709 e. The molecule has 1 heterocycles. The third-order valence-electron chi connectivity index (χ3n) is 2.94. The van der Waals surface area contributed by atoms with Gasteiger partial charge in [-0.3, -0.25) is 0 Å². The molecule has 92 valence electrons. The summed E-state index contributed by atoms with van der Waals surface area (Å²) in [4.78, 5) is 4.61. The zero-order valence-electron chi connectivity index (χ0n) is 10.3. The maximum absolute atomic E-state index is 4.61. The number of aromatic nitrogens is 1. The van der Waals surface area contributed by atoms with E-state index in [1.807, 2.05) is 42.5 Å². The molecule has 0 saturated carbocycles. The second-order valence-electron chi connectivity index (χ2n) is 4.31. The highest BCUT2D eigenvalue weighted by molar-refractivity contribution is 9.10. The quantitative estimate of drug-likeness (QED) is 0.636. The van der Waals surface area contributed by atoms with Gasteiger partial charge in [0.1, 0.15) is 0 Å². The molecule has 0 fully saturated rings. The van der Waals surface area contributed by atoms with E-state index in [-0.39, 0.29) is 0 Å². The Labute approximate surface area is 120 Å². The molecule has 2 heteroatoms. The maximum atomic E-state index is 4.61. The summed E-state index contributed by atoms with van der Waals surface area (Å²) in [7, 11) is 0. The lowest BCUT2D eigenvalue weighted by Gasteiger charge is -1.98. The number of halogens is 1. The van der Waals surface area contributed by atoms with Crippen LogP contribution in [0.1, 0.15) is 11.3 Å². The van der Waals surface area contributed by atoms with Gasteiger partial charge in [0.2, 0.25) is 0 Å². The Bertz CT molecular complexity index is 730. The number of pyridine rings is 1. The topological polar surface area (TPSA) is 12.9 Å². The van der Waals surface area contributed by atoms with Gasteiger partial charge in [0.25, 0.3) is 0 Å². The molecule has 0 amide bonds. The van der Waals surface area contributed by atoms with Crippen LogP contribution in [-0.4, -0.2) is 4.98 Å². The monoisotopic (exact) mass is 309 g/mol. The Hall–Kier alpha value is -1.93. The van der Waals surface area contributed by atoms with E-state index >= 15 is 0 Å². The first-order valence-corrected chi connectivity index (χ1v) is 6.90. The van der Waals surface area contributed by atoms with Crippen molar-refractivity contribution in [3.63, 3.8) is 0 Å². The first-order valence-electron chi connectivity index (χ1n) is 6.11. The average molecular weight is 310 g/mol. The van der Waals surface area contributed by atoms with Gasteiger partial charge in [0.05, 0.1) is 11.2 Å². The first-order chi connectivity index (χ1) is 9.31. The summed E-state index contributed by atoms with van der Waals surface area (Å²) in [5.41, 5.74) is 3.17. The Kier molecular flexibility index (Phi) is 3.43. The van der Waals surface area contributed by atoms with Crippen molar-refractivity contribution < 1.29 is 0 Å². The van der Waals surface area contributed by atoms with Crippen molar-refractivity contribution in [2.75, 3.05) is 0 Å². The van der Waals surface area contributed by atoms with Crippen molar-refractivity contribution >= 4 is 39.0 Å². The van der Waals surface area contributed by atoms with Crippen LogP contribution in [0, 0.1) is 0 Å². The third-order valence-corrected chi connectivity index (χ3v) is 3.47. The van der Waals surface area contributed by atoms with Crippen molar-refractivity contribution in [1.82, 2.24) is 4.98 Å². The van der Waals surface area contributed by atoms with Gasteiger partial charge in [0.15, 0.2) is 0 Å². The first kappa shape index (κ1) is 12.1. The number of hydrogen-bond acceptors (Lipinski definition) is 1. The van der Waals surface area contributed by atoms with E-state index in [2.05, 4.69) is 51.3 Å². The summed E-state index contributed by atoms with van der Waals surface area (Å²) in [6.07, 6.45) is 4.11. The molecule has 0 saturated heterocycles. The highest BCUT2D eigenvalue weighted by Gasteiger charge is 1.94. The average Bonchev–Trinajstić information content (AvgIpc) is 2.46. The Morgan fingerprint density at radius 1 is 0.789 bits per heavy atom.